The lowest BCUT2D eigenvalue weighted by molar-refractivity contribution is -0.379. The lowest BCUT2D eigenvalue weighted by Crippen LogP contribution is -2.28. The van der Waals surface area contributed by atoms with Gasteiger partial charge in [-0.2, -0.15) is 10.1 Å². The molecule has 5 nitrogen and oxygen atoms in total. The van der Waals surface area contributed by atoms with E-state index in [-0.39, 0.29) is 32.4 Å². The summed E-state index contributed by atoms with van der Waals surface area (Å²) >= 11 is 17.5. The smallest absolute Gasteiger partial charge is 0.337 e. The molecule has 0 saturated carbocycles. The van der Waals surface area contributed by atoms with Gasteiger partial charge in [-0.25, -0.2) is 9.82 Å². The van der Waals surface area contributed by atoms with Crippen molar-refractivity contribution in [3.8, 4) is 0 Å². The highest BCUT2D eigenvalue weighted by Gasteiger charge is 2.25. The Morgan fingerprint density at radius 2 is 1.86 bits per heavy atom. The van der Waals surface area contributed by atoms with Gasteiger partial charge in [0, 0.05) is 0 Å². The van der Waals surface area contributed by atoms with Crippen LogP contribution in [-0.4, -0.2) is 12.1 Å². The zero-order chi connectivity index (χ0) is 16.3. The molecule has 1 aromatic carbocycles. The zero-order valence-corrected chi connectivity index (χ0v) is 13.1. The second-order valence-electron chi connectivity index (χ2n) is 4.11. The third-order valence-electron chi connectivity index (χ3n) is 2.60. The van der Waals surface area contributed by atoms with Gasteiger partial charge in [0.15, 0.2) is 0 Å². The van der Waals surface area contributed by atoms with Crippen molar-refractivity contribution in [3.05, 3.63) is 56.5 Å². The molecule has 9 heteroatoms. The maximum absolute atomic E-state index is 12.7. The molecule has 1 amide bonds. The number of benzene rings is 1. The molecule has 1 aromatic heterocycles. The minimum Gasteiger partial charge on any atom is -0.396 e. The molecule has 1 heterocycles. The number of halogens is 4. The second-order valence-corrected chi connectivity index (χ2v) is 5.24. The van der Waals surface area contributed by atoms with E-state index < -0.39 is 5.91 Å². The molecule has 0 radical (unpaired) electrons. The quantitative estimate of drug-likeness (QED) is 0.500. The number of aromatic nitrogens is 1. The van der Waals surface area contributed by atoms with Gasteiger partial charge in [-0.05, 0) is 29.3 Å². The monoisotopic (exact) mass is 361 g/mol. The minimum absolute atomic E-state index is 0.0141. The van der Waals surface area contributed by atoms with E-state index >= 15 is 0 Å². The molecule has 0 aliphatic rings. The molecule has 4 N–H and O–H groups in total. The number of carbonyl (C=O) groups is 1. The van der Waals surface area contributed by atoms with Gasteiger partial charge >= 0.3 is 5.91 Å². The molecule has 22 heavy (non-hydrogen) atoms. The number of nitrogens with one attached hydrogen (secondary N) is 2. The normalized spacial score (nSPS) is 10.9. The summed E-state index contributed by atoms with van der Waals surface area (Å²) in [5.41, 5.74) is 8.38. The summed E-state index contributed by atoms with van der Waals surface area (Å²) in [6.45, 7) is 0. The van der Waals surface area contributed by atoms with E-state index in [2.05, 4.69) is 15.5 Å². The largest absolute Gasteiger partial charge is 0.396 e. The molecular weight excluding hydrogens is 354 g/mol. The van der Waals surface area contributed by atoms with Gasteiger partial charge in [-0.15, -0.1) is 0 Å². The standard InChI is InChI=1S/C13H8Cl3FN4O/c14-8-10(18)9(15)12(16)20-11(8)13(22)21-19-5-6-1-3-7(17)4-2-6/h1-5H,(H2,18,20)(H,21,22)/p+1/b19-5-. The number of H-pyrrole nitrogens is 1. The fourth-order valence-corrected chi connectivity index (χ4v) is 2.11. The first kappa shape index (κ1) is 16.5. The van der Waals surface area contributed by atoms with Crippen molar-refractivity contribution in [2.45, 2.75) is 0 Å². The number of amides is 1. The van der Waals surface area contributed by atoms with Crippen molar-refractivity contribution in [2.24, 2.45) is 5.10 Å². The lowest BCUT2D eigenvalue weighted by atomic mass is 10.2. The Morgan fingerprint density at radius 1 is 1.23 bits per heavy atom. The third kappa shape index (κ3) is 3.65. The maximum atomic E-state index is 12.7. The summed E-state index contributed by atoms with van der Waals surface area (Å²) in [5, 5.41) is 3.67. The Morgan fingerprint density at radius 3 is 2.50 bits per heavy atom. The lowest BCUT2D eigenvalue weighted by Gasteiger charge is -2.02. The van der Waals surface area contributed by atoms with Gasteiger partial charge in [0.2, 0.25) is 0 Å². The number of pyridine rings is 1. The molecule has 0 aliphatic heterocycles. The van der Waals surface area contributed by atoms with Crippen LogP contribution in [-0.2, 0) is 0 Å². The van der Waals surface area contributed by atoms with Gasteiger partial charge in [-0.3, -0.25) is 4.79 Å². The number of nitrogen functional groups attached to an aromatic ring is 1. The van der Waals surface area contributed by atoms with E-state index in [0.717, 1.165) is 0 Å². The van der Waals surface area contributed by atoms with Crippen LogP contribution < -0.4 is 16.1 Å². The first-order valence-corrected chi connectivity index (χ1v) is 6.97. The van der Waals surface area contributed by atoms with E-state index in [1.54, 1.807) is 0 Å². The highest BCUT2D eigenvalue weighted by atomic mass is 35.5. The molecule has 0 bridgehead atoms. The van der Waals surface area contributed by atoms with Crippen LogP contribution in [0, 0.1) is 5.82 Å². The maximum Gasteiger partial charge on any atom is 0.337 e. The average molecular weight is 363 g/mol. The van der Waals surface area contributed by atoms with Crippen molar-refractivity contribution >= 4 is 52.6 Å². The van der Waals surface area contributed by atoms with Crippen molar-refractivity contribution in [1.29, 1.82) is 0 Å². The van der Waals surface area contributed by atoms with Crippen molar-refractivity contribution in [3.63, 3.8) is 0 Å². The number of rotatable bonds is 3. The number of hydrogen-bond donors (Lipinski definition) is 2. The van der Waals surface area contributed by atoms with Crippen LogP contribution in [0.5, 0.6) is 0 Å². The summed E-state index contributed by atoms with van der Waals surface area (Å²) in [5.74, 6) is -1.03. The van der Waals surface area contributed by atoms with E-state index in [4.69, 9.17) is 40.5 Å². The molecule has 2 aromatic rings. The Bertz CT molecular complexity index is 750. The van der Waals surface area contributed by atoms with Gasteiger partial charge in [-0.1, -0.05) is 35.3 Å². The predicted molar refractivity (Wildman–Crippen MR) is 83.9 cm³/mol. The van der Waals surface area contributed by atoms with Gasteiger partial charge in [0.25, 0.3) is 10.8 Å². The summed E-state index contributed by atoms with van der Waals surface area (Å²) in [4.78, 5) is 14.5. The number of nitrogens with zero attached hydrogens (tertiary/aromatic N) is 1. The van der Waals surface area contributed by atoms with Crippen molar-refractivity contribution in [2.75, 3.05) is 5.73 Å². The van der Waals surface area contributed by atoms with Crippen LogP contribution in [0.3, 0.4) is 0 Å². The number of nitrogens with two attached hydrogens (primary N) is 1. The van der Waals surface area contributed by atoms with Crippen LogP contribution in [0.25, 0.3) is 0 Å². The molecule has 2 rings (SSSR count). The average Bonchev–Trinajstić information content (AvgIpc) is 2.50. The Kier molecular flexibility index (Phi) is 5.18. The molecule has 0 aliphatic carbocycles. The van der Waals surface area contributed by atoms with E-state index in [1.807, 2.05) is 0 Å². The molecule has 0 spiro atoms. The summed E-state index contributed by atoms with van der Waals surface area (Å²) in [6.07, 6.45) is 1.34. The zero-order valence-electron chi connectivity index (χ0n) is 10.8. The molecule has 0 saturated heterocycles. The number of hydrogen-bond acceptors (Lipinski definition) is 3. The Balaban J connectivity index is 2.15. The Hall–Kier alpha value is -1.89. The van der Waals surface area contributed by atoms with E-state index in [1.165, 1.54) is 30.5 Å². The highest BCUT2D eigenvalue weighted by Crippen LogP contribution is 2.31. The van der Waals surface area contributed by atoms with Crippen LogP contribution in [0.2, 0.25) is 15.2 Å². The van der Waals surface area contributed by atoms with Crippen LogP contribution in [0.15, 0.2) is 29.4 Å². The van der Waals surface area contributed by atoms with E-state index in [0.29, 0.717) is 5.56 Å². The molecule has 0 atom stereocenters. The highest BCUT2D eigenvalue weighted by molar-refractivity contribution is 6.45. The summed E-state index contributed by atoms with van der Waals surface area (Å²) < 4.78 is 12.7. The molecular formula is C13H9Cl3FN4O+. The fourth-order valence-electron chi connectivity index (χ4n) is 1.50. The number of hydrazone groups is 1. The van der Waals surface area contributed by atoms with Gasteiger partial charge < -0.3 is 5.73 Å². The van der Waals surface area contributed by atoms with Crippen LogP contribution >= 0.6 is 34.8 Å². The topological polar surface area (TPSA) is 81.6 Å². The third-order valence-corrected chi connectivity index (χ3v) is 3.76. The SMILES string of the molecule is Nc1c(Cl)c(Cl)[nH+]c(C(=O)N/N=C\c2ccc(F)cc2)c1Cl. The number of carbonyl (C=O) groups excluding carboxylic acids is 1. The molecule has 0 unspecified atom stereocenters. The van der Waals surface area contributed by atoms with Crippen molar-refractivity contribution < 1.29 is 14.2 Å². The van der Waals surface area contributed by atoms with E-state index in [9.17, 15) is 9.18 Å². The number of anilines is 1. The Labute approximate surface area is 139 Å². The van der Waals surface area contributed by atoms with Crippen molar-refractivity contribution in [1.82, 2.24) is 5.43 Å². The first-order chi connectivity index (χ1) is 10.4. The minimum atomic E-state index is -0.659. The molecule has 0 fully saturated rings. The predicted octanol–water partition coefficient (Wildman–Crippen LogP) is 2.95. The first-order valence-electron chi connectivity index (χ1n) is 5.84. The number of aromatic amines is 1. The van der Waals surface area contributed by atoms with Gasteiger partial charge in [0.05, 0.1) is 11.9 Å². The second kappa shape index (κ2) is 6.91. The summed E-state index contributed by atoms with van der Waals surface area (Å²) in [7, 11) is 0. The van der Waals surface area contributed by atoms with Crippen LogP contribution in [0.4, 0.5) is 10.1 Å². The van der Waals surface area contributed by atoms with Crippen LogP contribution in [0.1, 0.15) is 16.1 Å². The van der Waals surface area contributed by atoms with Gasteiger partial charge in [0.1, 0.15) is 15.9 Å². The fraction of sp³-hybridized carbons (Fsp3) is 0. The summed E-state index contributed by atoms with van der Waals surface area (Å²) in [6, 6.07) is 5.55. The molecule has 114 valence electrons.